The van der Waals surface area contributed by atoms with E-state index in [9.17, 15) is 29.0 Å². The SMILES string of the molecule is CCC(O)(CC)C(=O)N[C@H]1Cc2ccc3c(c2)C24c5cccc(c5NC2O3)-c2ccc(OP(=O)(O)O)c3[nH]cc(c23)-c2cnc(o2)-c2nc(oc24)[C@H](C(C)C)NC1=O. The van der Waals surface area contributed by atoms with Crippen molar-refractivity contribution in [1.29, 1.82) is 0 Å². The first kappa shape index (κ1) is 36.4. The van der Waals surface area contributed by atoms with Crippen LogP contribution in [0.3, 0.4) is 0 Å². The largest absolute Gasteiger partial charge is 0.524 e. The number of nitrogens with one attached hydrogen (secondary N) is 4. The van der Waals surface area contributed by atoms with Crippen LogP contribution in [-0.2, 0) is 26.0 Å². The third kappa shape index (κ3) is 5.15. The molecule has 7 N–H and O–H groups in total. The van der Waals surface area contributed by atoms with Crippen molar-refractivity contribution in [2.75, 3.05) is 5.32 Å². The fourth-order valence-corrected chi connectivity index (χ4v) is 9.37. The lowest BCUT2D eigenvalue weighted by molar-refractivity contribution is -0.143. The van der Waals surface area contributed by atoms with Crippen LogP contribution in [0.2, 0.25) is 0 Å². The second kappa shape index (κ2) is 12.5. The molecule has 58 heavy (non-hydrogen) atoms. The van der Waals surface area contributed by atoms with Gasteiger partial charge in [0.2, 0.25) is 17.7 Å². The van der Waals surface area contributed by atoms with Crippen molar-refractivity contribution >= 4 is 36.2 Å². The molecule has 16 nitrogen and oxygen atoms in total. The van der Waals surface area contributed by atoms with E-state index in [-0.39, 0.29) is 48.4 Å². The summed E-state index contributed by atoms with van der Waals surface area (Å²) in [6, 6.07) is 12.9. The fourth-order valence-electron chi connectivity index (χ4n) is 8.96. The van der Waals surface area contributed by atoms with Crippen molar-refractivity contribution in [3.05, 3.63) is 89.3 Å². The molecule has 1 spiro atoms. The highest BCUT2D eigenvalue weighted by molar-refractivity contribution is 7.46. The molecule has 4 aliphatic heterocycles. The summed E-state index contributed by atoms with van der Waals surface area (Å²) in [6.45, 7) is 7.29. The van der Waals surface area contributed by atoms with E-state index in [0.717, 1.165) is 22.4 Å². The van der Waals surface area contributed by atoms with Crippen LogP contribution in [0, 0.1) is 5.92 Å². The zero-order chi connectivity index (χ0) is 40.5. The van der Waals surface area contributed by atoms with Crippen LogP contribution >= 0.6 is 7.82 Å². The van der Waals surface area contributed by atoms with Crippen molar-refractivity contribution in [3.63, 3.8) is 0 Å². The molecule has 0 aliphatic carbocycles. The van der Waals surface area contributed by atoms with E-state index in [1.54, 1.807) is 32.3 Å². The molecule has 3 aromatic heterocycles. The van der Waals surface area contributed by atoms with Gasteiger partial charge in [0.05, 0.1) is 11.7 Å². The Balaban J connectivity index is 1.26. The molecule has 4 aliphatic rings. The van der Waals surface area contributed by atoms with E-state index in [1.165, 1.54) is 6.07 Å². The number of benzene rings is 3. The highest BCUT2D eigenvalue weighted by Gasteiger charge is 2.61. The topological polar surface area (TPSA) is 234 Å². The van der Waals surface area contributed by atoms with Crippen LogP contribution in [0.5, 0.6) is 11.5 Å². The van der Waals surface area contributed by atoms with E-state index in [0.29, 0.717) is 44.9 Å². The summed E-state index contributed by atoms with van der Waals surface area (Å²) < 4.78 is 37.5. The maximum atomic E-state index is 14.3. The van der Waals surface area contributed by atoms with Crippen molar-refractivity contribution in [3.8, 4) is 45.5 Å². The zero-order valence-corrected chi connectivity index (χ0v) is 32.6. The number of rotatable bonds is 7. The Kier molecular flexibility index (Phi) is 7.87. The molecule has 3 aromatic carbocycles. The van der Waals surface area contributed by atoms with Gasteiger partial charge in [-0.2, -0.15) is 0 Å². The van der Waals surface area contributed by atoms with Crippen molar-refractivity contribution in [1.82, 2.24) is 25.6 Å². The summed E-state index contributed by atoms with van der Waals surface area (Å²) in [4.78, 5) is 60.4. The maximum Gasteiger partial charge on any atom is 0.524 e. The Bertz CT molecular complexity index is 2760. The van der Waals surface area contributed by atoms with Crippen LogP contribution < -0.4 is 25.2 Å². The molecule has 0 fully saturated rings. The molecule has 0 saturated heterocycles. The Morgan fingerprint density at radius 2 is 1.88 bits per heavy atom. The van der Waals surface area contributed by atoms with E-state index in [4.69, 9.17) is 28.1 Å². The number of ether oxygens (including phenoxy) is 1. The molecule has 2 unspecified atom stereocenters. The second-order valence-electron chi connectivity index (χ2n) is 15.6. The molecule has 7 heterocycles. The monoisotopic (exact) mass is 806 g/mol. The first-order valence-electron chi connectivity index (χ1n) is 19.1. The number of para-hydroxylation sites is 1. The molecule has 298 valence electrons. The molecular formula is C41H39N6O10P. The van der Waals surface area contributed by atoms with Crippen LogP contribution in [0.4, 0.5) is 5.69 Å². The molecule has 0 radical (unpaired) electrons. The number of hydrogen-bond donors (Lipinski definition) is 7. The normalized spacial score (nSPS) is 21.4. The number of aromatic amines is 1. The zero-order valence-electron chi connectivity index (χ0n) is 31.7. The van der Waals surface area contributed by atoms with E-state index < -0.39 is 49.0 Å². The summed E-state index contributed by atoms with van der Waals surface area (Å²) in [6.07, 6.45) is 2.86. The van der Waals surface area contributed by atoms with Gasteiger partial charge in [-0.3, -0.25) is 19.4 Å². The van der Waals surface area contributed by atoms with Gasteiger partial charge in [0, 0.05) is 45.9 Å². The number of aromatic nitrogens is 3. The highest BCUT2D eigenvalue weighted by atomic mass is 31.2. The van der Waals surface area contributed by atoms with Gasteiger partial charge in [-0.05, 0) is 48.1 Å². The predicted molar refractivity (Wildman–Crippen MR) is 209 cm³/mol. The minimum Gasteiger partial charge on any atom is -0.469 e. The van der Waals surface area contributed by atoms with Gasteiger partial charge >= 0.3 is 7.82 Å². The number of carbonyl (C=O) groups excluding carboxylic acids is 2. The number of phosphoric ester groups is 1. The lowest BCUT2D eigenvalue weighted by Gasteiger charge is -2.30. The first-order valence-corrected chi connectivity index (χ1v) is 20.7. The van der Waals surface area contributed by atoms with Gasteiger partial charge in [-0.1, -0.05) is 58.0 Å². The van der Waals surface area contributed by atoms with E-state index >= 15 is 0 Å². The van der Waals surface area contributed by atoms with E-state index in [1.807, 2.05) is 50.2 Å². The van der Waals surface area contributed by atoms with Gasteiger partial charge in [-0.15, -0.1) is 0 Å². The molecule has 0 saturated carbocycles. The lowest BCUT2D eigenvalue weighted by atomic mass is 9.72. The Morgan fingerprint density at radius 3 is 2.64 bits per heavy atom. The smallest absolute Gasteiger partial charge is 0.469 e. The van der Waals surface area contributed by atoms with Crippen LogP contribution in [-0.4, -0.2) is 59.5 Å². The minimum absolute atomic E-state index is 0.0527. The molecule has 10 rings (SSSR count). The molecule has 2 amide bonds. The number of anilines is 1. The van der Waals surface area contributed by atoms with Crippen molar-refractivity contribution < 1.29 is 47.1 Å². The third-order valence-corrected chi connectivity index (χ3v) is 12.5. The predicted octanol–water partition coefficient (Wildman–Crippen LogP) is 5.81. The van der Waals surface area contributed by atoms with Crippen LogP contribution in [0.1, 0.15) is 74.9 Å². The number of carbonyl (C=O) groups is 2. The summed E-state index contributed by atoms with van der Waals surface area (Å²) in [5.41, 5.74) is 2.67. The number of aliphatic hydroxyl groups is 1. The molecule has 6 aromatic rings. The molecule has 10 bridgehead atoms. The number of hydrogen-bond acceptors (Lipinski definition) is 11. The second-order valence-corrected chi connectivity index (χ2v) is 16.8. The number of H-pyrrole nitrogens is 1. The van der Waals surface area contributed by atoms with Gasteiger partial charge in [0.15, 0.2) is 29.2 Å². The van der Waals surface area contributed by atoms with Gasteiger partial charge in [-0.25, -0.2) is 14.5 Å². The number of oxazole rings is 2. The average Bonchev–Trinajstić information content (AvgIpc) is 4.02. The average molecular weight is 807 g/mol. The standard InChI is InChI=1S/C41H39N6O10P/c1-5-40(50,6-2)38(49)44-25-15-19-10-12-26-24(14-19)41-23-9-7-8-21(31(23)47-39(41)55-26)20-11-13-27(57-58(51,52)53)32-29(20)22(16-42-32)28-17-43-36(54-28)33-34(41)56-37(46-33)30(18(3)4)45-35(25)48/h7-14,16-18,25,30,39,42,47,50H,5-6,15H2,1-4H3,(H,44,49)(H,45,48)(H2,51,52,53)/t25-,30-,39?,41?/m0/s1. The number of amides is 2. The molecule has 17 heteroatoms. The highest BCUT2D eigenvalue weighted by Crippen LogP contribution is 2.62. The van der Waals surface area contributed by atoms with Gasteiger partial charge in [0.1, 0.15) is 28.8 Å². The van der Waals surface area contributed by atoms with Gasteiger partial charge in [0.25, 0.3) is 5.91 Å². The van der Waals surface area contributed by atoms with Gasteiger partial charge < -0.3 is 44.1 Å². The Hall–Kier alpha value is -5.93. The first-order chi connectivity index (χ1) is 27.7. The van der Waals surface area contributed by atoms with E-state index in [2.05, 4.69) is 20.9 Å². The fraction of sp³-hybridized carbons (Fsp3) is 0.317. The summed E-state index contributed by atoms with van der Waals surface area (Å²) in [5, 5.41) is 21.3. The summed E-state index contributed by atoms with van der Waals surface area (Å²) in [5.74, 6) is 0.152. The van der Waals surface area contributed by atoms with Crippen LogP contribution in [0.15, 0.2) is 69.8 Å². The Labute approximate surface area is 330 Å². The lowest BCUT2D eigenvalue weighted by Crippen LogP contribution is -2.55. The Morgan fingerprint density at radius 1 is 1.07 bits per heavy atom. The summed E-state index contributed by atoms with van der Waals surface area (Å²) >= 11 is 0. The van der Waals surface area contributed by atoms with Crippen molar-refractivity contribution in [2.24, 2.45) is 5.92 Å². The van der Waals surface area contributed by atoms with Crippen molar-refractivity contribution in [2.45, 2.75) is 76.3 Å². The minimum atomic E-state index is -4.94. The summed E-state index contributed by atoms with van der Waals surface area (Å²) in [7, 11) is -4.94. The molecular weight excluding hydrogens is 767 g/mol. The number of nitrogens with zero attached hydrogens (tertiary/aromatic N) is 2. The number of phosphoric acid groups is 1. The maximum absolute atomic E-state index is 14.3. The quantitative estimate of drug-likeness (QED) is 0.0945. The number of fused-ring (bicyclic) bond motifs is 7. The van der Waals surface area contributed by atoms with Crippen LogP contribution in [0.25, 0.3) is 44.9 Å². The molecule has 4 atom stereocenters. The third-order valence-electron chi connectivity index (χ3n) is 12.0.